The molecule has 0 radical (unpaired) electrons. The predicted octanol–water partition coefficient (Wildman–Crippen LogP) is 2.41. The monoisotopic (exact) mass is 378 g/mol. The van der Waals surface area contributed by atoms with Crippen molar-refractivity contribution in [2.45, 2.75) is 44.0 Å². The standard InChI is InChI=1S/C18H22N2O5S/c1-3-4-5-16(18(22)23)19-17(21)14-10-11-20(12-14)26(24,25)15-8-6-13(2)7-9-15/h6-12,16H,3-5H2,1-2H3,(H,19,21)(H,22,23). The van der Waals surface area contributed by atoms with Crippen molar-refractivity contribution in [2.24, 2.45) is 0 Å². The molecule has 2 rings (SSSR count). The number of hydrogen-bond donors (Lipinski definition) is 2. The molecule has 0 aliphatic heterocycles. The largest absolute Gasteiger partial charge is 0.480 e. The van der Waals surface area contributed by atoms with E-state index in [1.54, 1.807) is 12.1 Å². The summed E-state index contributed by atoms with van der Waals surface area (Å²) in [6.07, 6.45) is 4.25. The van der Waals surface area contributed by atoms with Gasteiger partial charge in [-0.2, -0.15) is 0 Å². The minimum absolute atomic E-state index is 0.0865. The van der Waals surface area contributed by atoms with E-state index in [0.717, 1.165) is 16.0 Å². The Morgan fingerprint density at radius 3 is 2.42 bits per heavy atom. The summed E-state index contributed by atoms with van der Waals surface area (Å²) in [6, 6.07) is 6.72. The van der Waals surface area contributed by atoms with E-state index in [4.69, 9.17) is 0 Å². The molecule has 0 bridgehead atoms. The number of carbonyl (C=O) groups is 2. The van der Waals surface area contributed by atoms with Crippen molar-refractivity contribution in [3.05, 3.63) is 53.9 Å². The number of nitrogens with zero attached hydrogens (tertiary/aromatic N) is 1. The molecular weight excluding hydrogens is 356 g/mol. The van der Waals surface area contributed by atoms with E-state index in [1.165, 1.54) is 30.6 Å². The molecule has 8 heteroatoms. The van der Waals surface area contributed by atoms with Gasteiger partial charge in [-0.3, -0.25) is 4.79 Å². The Morgan fingerprint density at radius 1 is 1.19 bits per heavy atom. The van der Waals surface area contributed by atoms with Crippen molar-refractivity contribution in [1.82, 2.24) is 9.29 Å². The van der Waals surface area contributed by atoms with Gasteiger partial charge in [0.05, 0.1) is 10.5 Å². The average Bonchev–Trinajstić information content (AvgIpc) is 3.09. The SMILES string of the molecule is CCCCC(NC(=O)c1ccn(S(=O)(=O)c2ccc(C)cc2)c1)C(=O)O. The van der Waals surface area contributed by atoms with Gasteiger partial charge in [0.2, 0.25) is 0 Å². The van der Waals surface area contributed by atoms with Gasteiger partial charge >= 0.3 is 5.97 Å². The molecule has 1 atom stereocenters. The van der Waals surface area contributed by atoms with Crippen molar-refractivity contribution in [2.75, 3.05) is 0 Å². The van der Waals surface area contributed by atoms with Gasteiger partial charge < -0.3 is 10.4 Å². The maximum atomic E-state index is 12.6. The van der Waals surface area contributed by atoms with E-state index < -0.39 is 27.9 Å². The van der Waals surface area contributed by atoms with Gasteiger partial charge in [0.25, 0.3) is 15.9 Å². The molecular formula is C18H22N2O5S. The van der Waals surface area contributed by atoms with Gasteiger partial charge in [0.15, 0.2) is 0 Å². The number of hydrogen-bond acceptors (Lipinski definition) is 4. The molecule has 0 saturated heterocycles. The highest BCUT2D eigenvalue weighted by molar-refractivity contribution is 7.90. The van der Waals surface area contributed by atoms with Gasteiger partial charge in [-0.15, -0.1) is 0 Å². The van der Waals surface area contributed by atoms with Gasteiger partial charge in [0.1, 0.15) is 6.04 Å². The number of rotatable bonds is 8. The van der Waals surface area contributed by atoms with Gasteiger partial charge in [-0.25, -0.2) is 17.2 Å². The summed E-state index contributed by atoms with van der Waals surface area (Å²) in [7, 11) is -3.81. The molecule has 1 aromatic carbocycles. The highest BCUT2D eigenvalue weighted by Gasteiger charge is 2.22. The molecule has 1 unspecified atom stereocenters. The van der Waals surface area contributed by atoms with Crippen molar-refractivity contribution < 1.29 is 23.1 Å². The Hall–Kier alpha value is -2.61. The lowest BCUT2D eigenvalue weighted by Crippen LogP contribution is -2.40. The lowest BCUT2D eigenvalue weighted by molar-refractivity contribution is -0.139. The number of aromatic nitrogens is 1. The van der Waals surface area contributed by atoms with Crippen LogP contribution < -0.4 is 5.32 Å². The molecule has 140 valence electrons. The topological polar surface area (TPSA) is 105 Å². The normalized spacial score (nSPS) is 12.5. The third kappa shape index (κ3) is 4.51. The van der Waals surface area contributed by atoms with Crippen LogP contribution in [0.3, 0.4) is 0 Å². The third-order valence-corrected chi connectivity index (χ3v) is 5.63. The van der Waals surface area contributed by atoms with E-state index in [2.05, 4.69) is 5.32 Å². The van der Waals surface area contributed by atoms with E-state index in [0.29, 0.717) is 12.8 Å². The van der Waals surface area contributed by atoms with Crippen LogP contribution in [0.2, 0.25) is 0 Å². The summed E-state index contributed by atoms with van der Waals surface area (Å²) in [5.41, 5.74) is 1.02. The third-order valence-electron chi connectivity index (χ3n) is 3.98. The van der Waals surface area contributed by atoms with Crippen LogP contribution in [0.1, 0.15) is 42.1 Å². The van der Waals surface area contributed by atoms with Crippen LogP contribution in [0.25, 0.3) is 0 Å². The molecule has 0 saturated carbocycles. The van der Waals surface area contributed by atoms with Crippen LogP contribution in [-0.4, -0.2) is 35.4 Å². The van der Waals surface area contributed by atoms with E-state index in [1.807, 2.05) is 13.8 Å². The van der Waals surface area contributed by atoms with E-state index >= 15 is 0 Å². The Morgan fingerprint density at radius 2 is 1.85 bits per heavy atom. The second kappa shape index (κ2) is 8.18. The molecule has 1 aromatic heterocycles. The Balaban J connectivity index is 2.19. The number of benzene rings is 1. The second-order valence-corrected chi connectivity index (χ2v) is 7.90. The van der Waals surface area contributed by atoms with Crippen molar-refractivity contribution in [3.63, 3.8) is 0 Å². The number of carboxylic acids is 1. The number of unbranched alkanes of at least 4 members (excludes halogenated alkanes) is 1. The Kier molecular flexibility index (Phi) is 6.20. The van der Waals surface area contributed by atoms with Gasteiger partial charge in [-0.05, 0) is 31.5 Å². The lowest BCUT2D eigenvalue weighted by atomic mass is 10.1. The molecule has 0 aliphatic rings. The quantitative estimate of drug-likeness (QED) is 0.734. The first-order valence-corrected chi connectivity index (χ1v) is 9.73. The highest BCUT2D eigenvalue weighted by Crippen LogP contribution is 2.16. The fraction of sp³-hybridized carbons (Fsp3) is 0.333. The van der Waals surface area contributed by atoms with Crippen LogP contribution in [0.15, 0.2) is 47.6 Å². The van der Waals surface area contributed by atoms with Crippen LogP contribution in [0.4, 0.5) is 0 Å². The molecule has 26 heavy (non-hydrogen) atoms. The van der Waals surface area contributed by atoms with E-state index in [9.17, 15) is 23.1 Å². The Labute approximate surface area is 152 Å². The number of aryl methyl sites for hydroxylation is 1. The number of carboxylic acid groups (broad SMARTS) is 1. The average molecular weight is 378 g/mol. The summed E-state index contributed by atoms with van der Waals surface area (Å²) in [5, 5.41) is 11.6. The molecule has 0 aliphatic carbocycles. The maximum Gasteiger partial charge on any atom is 0.326 e. The zero-order chi connectivity index (χ0) is 19.3. The molecule has 2 aromatic rings. The zero-order valence-corrected chi connectivity index (χ0v) is 15.5. The number of nitrogens with one attached hydrogen (secondary N) is 1. The van der Waals surface area contributed by atoms with Crippen LogP contribution in [0, 0.1) is 6.92 Å². The van der Waals surface area contributed by atoms with Gasteiger partial charge in [-0.1, -0.05) is 37.5 Å². The molecule has 0 spiro atoms. The maximum absolute atomic E-state index is 12.6. The fourth-order valence-electron chi connectivity index (χ4n) is 2.40. The fourth-order valence-corrected chi connectivity index (χ4v) is 3.60. The predicted molar refractivity (Wildman–Crippen MR) is 96.6 cm³/mol. The smallest absolute Gasteiger partial charge is 0.326 e. The zero-order valence-electron chi connectivity index (χ0n) is 14.7. The number of carbonyl (C=O) groups excluding carboxylic acids is 1. The van der Waals surface area contributed by atoms with E-state index in [-0.39, 0.29) is 10.5 Å². The van der Waals surface area contributed by atoms with Crippen LogP contribution in [0.5, 0.6) is 0 Å². The number of aliphatic carboxylic acids is 1. The van der Waals surface area contributed by atoms with Crippen molar-refractivity contribution >= 4 is 21.9 Å². The summed E-state index contributed by atoms with van der Waals surface area (Å²) in [6.45, 7) is 3.78. The first-order valence-electron chi connectivity index (χ1n) is 8.29. The lowest BCUT2D eigenvalue weighted by Gasteiger charge is -2.13. The molecule has 0 fully saturated rings. The first kappa shape index (κ1) is 19.7. The van der Waals surface area contributed by atoms with Gasteiger partial charge in [0, 0.05) is 12.4 Å². The first-order chi connectivity index (χ1) is 12.3. The molecule has 1 amide bonds. The molecule has 1 heterocycles. The summed E-state index contributed by atoms with van der Waals surface area (Å²) < 4.78 is 26.1. The van der Waals surface area contributed by atoms with Crippen LogP contribution in [-0.2, 0) is 14.8 Å². The minimum atomic E-state index is -3.81. The second-order valence-electron chi connectivity index (χ2n) is 6.05. The summed E-state index contributed by atoms with van der Waals surface area (Å²) >= 11 is 0. The number of amides is 1. The Bertz CT molecular complexity index is 885. The summed E-state index contributed by atoms with van der Waals surface area (Å²) in [5.74, 6) is -1.73. The molecule has 7 nitrogen and oxygen atoms in total. The van der Waals surface area contributed by atoms with Crippen molar-refractivity contribution in [1.29, 1.82) is 0 Å². The van der Waals surface area contributed by atoms with Crippen LogP contribution >= 0.6 is 0 Å². The highest BCUT2D eigenvalue weighted by atomic mass is 32.2. The molecule has 2 N–H and O–H groups in total. The minimum Gasteiger partial charge on any atom is -0.480 e. The van der Waals surface area contributed by atoms with Crippen molar-refractivity contribution in [3.8, 4) is 0 Å². The summed E-state index contributed by atoms with van der Waals surface area (Å²) in [4.78, 5) is 23.6.